The first kappa shape index (κ1) is 33.6. The molecule has 0 spiro atoms. The molecule has 57 heavy (non-hydrogen) atoms. The third kappa shape index (κ3) is 4.82. The first-order chi connectivity index (χ1) is 27.8. The van der Waals surface area contributed by atoms with Crippen molar-refractivity contribution in [3.05, 3.63) is 210 Å². The lowest BCUT2D eigenvalue weighted by Crippen LogP contribution is -2.17. The summed E-state index contributed by atoms with van der Waals surface area (Å²) >= 11 is 0. The van der Waals surface area contributed by atoms with Crippen LogP contribution in [0.4, 0.5) is 17.1 Å². The number of para-hydroxylation sites is 2. The van der Waals surface area contributed by atoms with Crippen LogP contribution in [0.5, 0.6) is 0 Å². The molecule has 0 heterocycles. The van der Waals surface area contributed by atoms with Crippen LogP contribution < -0.4 is 4.90 Å². The van der Waals surface area contributed by atoms with Gasteiger partial charge in [0.15, 0.2) is 0 Å². The van der Waals surface area contributed by atoms with E-state index < -0.39 is 0 Å². The Morgan fingerprint density at radius 2 is 0.772 bits per heavy atom. The van der Waals surface area contributed by atoms with Crippen molar-refractivity contribution in [3.8, 4) is 44.5 Å². The van der Waals surface area contributed by atoms with E-state index in [0.29, 0.717) is 0 Å². The Hall–Kier alpha value is -6.70. The molecule has 0 saturated heterocycles. The summed E-state index contributed by atoms with van der Waals surface area (Å²) in [7, 11) is 0. The second kappa shape index (κ2) is 12.4. The maximum Gasteiger partial charge on any atom is 0.0546 e. The molecule has 9 aromatic rings. The SMILES string of the molecule is CC1(C)c2ccccc2-c2c(-c3ccccc3N(c3ccccc3-c3cccc4c3C(C)(C)c3ccccc3-4)c3cc4ccccc4c4ccccc34)cccc21. The molecule has 1 heteroatoms. The molecule has 2 aliphatic rings. The van der Waals surface area contributed by atoms with E-state index in [2.05, 4.69) is 221 Å². The highest BCUT2D eigenvalue weighted by Crippen LogP contribution is 2.57. The van der Waals surface area contributed by atoms with Crippen LogP contribution in [-0.4, -0.2) is 0 Å². The van der Waals surface area contributed by atoms with E-state index in [1.807, 2.05) is 0 Å². The quantitative estimate of drug-likeness (QED) is 0.159. The molecule has 0 unspecified atom stereocenters. The average Bonchev–Trinajstić information content (AvgIpc) is 3.64. The van der Waals surface area contributed by atoms with E-state index >= 15 is 0 Å². The highest BCUT2D eigenvalue weighted by atomic mass is 15.1. The van der Waals surface area contributed by atoms with Gasteiger partial charge in [-0.2, -0.15) is 0 Å². The van der Waals surface area contributed by atoms with Crippen LogP contribution in [0.15, 0.2) is 188 Å². The molecule has 0 aliphatic heterocycles. The van der Waals surface area contributed by atoms with E-state index in [4.69, 9.17) is 0 Å². The predicted octanol–water partition coefficient (Wildman–Crippen LogP) is 15.4. The van der Waals surface area contributed by atoms with Gasteiger partial charge in [0.25, 0.3) is 0 Å². The fourth-order valence-electron chi connectivity index (χ4n) is 10.5. The van der Waals surface area contributed by atoms with E-state index in [1.54, 1.807) is 0 Å². The van der Waals surface area contributed by atoms with Crippen molar-refractivity contribution < 1.29 is 0 Å². The Morgan fingerprint density at radius 3 is 1.49 bits per heavy atom. The van der Waals surface area contributed by atoms with Gasteiger partial charge >= 0.3 is 0 Å². The van der Waals surface area contributed by atoms with Crippen molar-refractivity contribution >= 4 is 38.6 Å². The minimum Gasteiger partial charge on any atom is -0.309 e. The van der Waals surface area contributed by atoms with Crippen molar-refractivity contribution in [2.45, 2.75) is 38.5 Å². The Bertz CT molecular complexity index is 3090. The van der Waals surface area contributed by atoms with Crippen LogP contribution in [0.25, 0.3) is 66.1 Å². The molecule has 1 nitrogen and oxygen atoms in total. The highest BCUT2D eigenvalue weighted by molar-refractivity contribution is 6.16. The Balaban J connectivity index is 1.24. The maximum atomic E-state index is 2.57. The van der Waals surface area contributed by atoms with Crippen LogP contribution in [0.1, 0.15) is 49.9 Å². The monoisotopic (exact) mass is 729 g/mol. The molecular weight excluding hydrogens is 687 g/mol. The van der Waals surface area contributed by atoms with Gasteiger partial charge in [-0.1, -0.05) is 198 Å². The minimum absolute atomic E-state index is 0.101. The molecule has 2 aliphatic carbocycles. The summed E-state index contributed by atoms with van der Waals surface area (Å²) < 4.78 is 0. The van der Waals surface area contributed by atoms with E-state index in [-0.39, 0.29) is 10.8 Å². The molecule has 0 amide bonds. The predicted molar refractivity (Wildman–Crippen MR) is 242 cm³/mol. The number of benzene rings is 9. The number of hydrogen-bond acceptors (Lipinski definition) is 1. The summed E-state index contributed by atoms with van der Waals surface area (Å²) in [6.07, 6.45) is 0. The second-order valence-electron chi connectivity index (χ2n) is 16.8. The average molecular weight is 730 g/mol. The summed E-state index contributed by atoms with van der Waals surface area (Å²) in [5.41, 5.74) is 19.0. The van der Waals surface area contributed by atoms with Gasteiger partial charge < -0.3 is 4.90 Å². The molecule has 0 bridgehead atoms. The zero-order chi connectivity index (χ0) is 38.5. The van der Waals surface area contributed by atoms with Crippen LogP contribution in [0.2, 0.25) is 0 Å². The molecule has 0 N–H and O–H groups in total. The van der Waals surface area contributed by atoms with Crippen LogP contribution in [0.3, 0.4) is 0 Å². The lowest BCUT2D eigenvalue weighted by atomic mass is 9.78. The van der Waals surface area contributed by atoms with Gasteiger partial charge in [0, 0.05) is 27.3 Å². The molecule has 0 fully saturated rings. The molecule has 0 saturated carbocycles. The standard InChI is InChI=1S/C56H43N/c1-55(2)48-31-14-10-26-46(48)53-43(27-18-32-49(53)55)41-24-11-15-33-50(41)57(52-35-36-19-5-6-20-37(36)38-21-7-8-23-40(38)52)51-34-16-12-25-42(51)45-29-17-28-44-39-22-9-13-30-47(39)56(3,4)54(44)45/h5-35H,1-4H3. The molecule has 272 valence electrons. The molecule has 0 radical (unpaired) electrons. The van der Waals surface area contributed by atoms with Gasteiger partial charge in [0.2, 0.25) is 0 Å². The number of fused-ring (bicyclic) bond motifs is 9. The van der Waals surface area contributed by atoms with Gasteiger partial charge in [-0.05, 0) is 90.0 Å². The maximum absolute atomic E-state index is 2.57. The first-order valence-corrected chi connectivity index (χ1v) is 20.2. The third-order valence-electron chi connectivity index (χ3n) is 13.0. The zero-order valence-corrected chi connectivity index (χ0v) is 32.8. The highest BCUT2D eigenvalue weighted by Gasteiger charge is 2.39. The van der Waals surface area contributed by atoms with Crippen molar-refractivity contribution in [1.29, 1.82) is 0 Å². The zero-order valence-electron chi connectivity index (χ0n) is 32.8. The molecule has 0 atom stereocenters. The van der Waals surface area contributed by atoms with Crippen LogP contribution in [0, 0.1) is 0 Å². The largest absolute Gasteiger partial charge is 0.309 e. The van der Waals surface area contributed by atoms with Crippen molar-refractivity contribution in [1.82, 2.24) is 0 Å². The van der Waals surface area contributed by atoms with Gasteiger partial charge in [-0.15, -0.1) is 0 Å². The summed E-state index contributed by atoms with van der Waals surface area (Å²) in [6, 6.07) is 70.1. The van der Waals surface area contributed by atoms with Gasteiger partial charge in [-0.3, -0.25) is 0 Å². The van der Waals surface area contributed by atoms with Crippen molar-refractivity contribution in [2.24, 2.45) is 0 Å². The first-order valence-electron chi connectivity index (χ1n) is 20.2. The van der Waals surface area contributed by atoms with E-state index in [9.17, 15) is 0 Å². The number of rotatable bonds is 5. The molecule has 0 aromatic heterocycles. The van der Waals surface area contributed by atoms with E-state index in [0.717, 1.165) is 17.1 Å². The normalized spacial score (nSPS) is 14.2. The minimum atomic E-state index is -0.168. The summed E-state index contributed by atoms with van der Waals surface area (Å²) in [5.74, 6) is 0. The molecule has 9 aromatic carbocycles. The summed E-state index contributed by atoms with van der Waals surface area (Å²) in [5, 5.41) is 4.95. The molecular formula is C56H43N. The fraction of sp³-hybridized carbons (Fsp3) is 0.107. The van der Waals surface area contributed by atoms with Gasteiger partial charge in [-0.25, -0.2) is 0 Å². The second-order valence-corrected chi connectivity index (χ2v) is 16.8. The van der Waals surface area contributed by atoms with Gasteiger partial charge in [0.05, 0.1) is 17.1 Å². The Labute approximate surface area is 335 Å². The Morgan fingerprint density at radius 1 is 0.316 bits per heavy atom. The van der Waals surface area contributed by atoms with E-state index in [1.165, 1.54) is 88.3 Å². The van der Waals surface area contributed by atoms with Crippen LogP contribution >= 0.6 is 0 Å². The lowest BCUT2D eigenvalue weighted by Gasteiger charge is -2.33. The Kier molecular flexibility index (Phi) is 7.32. The number of nitrogens with zero attached hydrogens (tertiary/aromatic N) is 1. The van der Waals surface area contributed by atoms with Gasteiger partial charge in [0.1, 0.15) is 0 Å². The van der Waals surface area contributed by atoms with Crippen molar-refractivity contribution in [2.75, 3.05) is 4.90 Å². The summed E-state index contributed by atoms with van der Waals surface area (Å²) in [6.45, 7) is 9.52. The number of anilines is 3. The third-order valence-corrected chi connectivity index (χ3v) is 13.0. The lowest BCUT2D eigenvalue weighted by molar-refractivity contribution is 0.660. The topological polar surface area (TPSA) is 3.24 Å². The van der Waals surface area contributed by atoms with Crippen LogP contribution in [-0.2, 0) is 10.8 Å². The molecule has 11 rings (SSSR count). The van der Waals surface area contributed by atoms with Crippen molar-refractivity contribution in [3.63, 3.8) is 0 Å². The smallest absolute Gasteiger partial charge is 0.0546 e. The fourth-order valence-corrected chi connectivity index (χ4v) is 10.5. The summed E-state index contributed by atoms with van der Waals surface area (Å²) in [4.78, 5) is 2.57. The number of hydrogen-bond donors (Lipinski definition) is 0.